The first kappa shape index (κ1) is 19.6. The van der Waals surface area contributed by atoms with Crippen LogP contribution in [0.1, 0.15) is 59.4 Å². The molecule has 0 bridgehead atoms. The standard InChI is InChI=1S/C27H30O2/c1-4-29-27-19(2)9-7-14-25(27)26(21-15-17-22(28-3)18-16-21)24-13-8-11-20-10-5-6-12-23(20)24/h5-7,9-10,12,14-18,24,26H,4,8,11,13H2,1-3H3. The Morgan fingerprint density at radius 1 is 0.966 bits per heavy atom. The van der Waals surface area contributed by atoms with E-state index in [4.69, 9.17) is 9.47 Å². The SMILES string of the molecule is CCOc1c(C)cccc1C(c1ccc(OC)cc1)C1CCCc2ccccc21. The lowest BCUT2D eigenvalue weighted by atomic mass is 9.70. The second-order valence-corrected chi connectivity index (χ2v) is 7.87. The van der Waals surface area contributed by atoms with Gasteiger partial charge in [-0.1, -0.05) is 54.6 Å². The number of para-hydroxylation sites is 1. The van der Waals surface area contributed by atoms with E-state index in [0.717, 1.165) is 11.5 Å². The molecule has 0 aromatic heterocycles. The largest absolute Gasteiger partial charge is 0.497 e. The van der Waals surface area contributed by atoms with Crippen LogP contribution in [-0.4, -0.2) is 13.7 Å². The first-order valence-electron chi connectivity index (χ1n) is 10.7. The molecular formula is C27H30O2. The Labute approximate surface area is 174 Å². The topological polar surface area (TPSA) is 18.5 Å². The Balaban J connectivity index is 1.89. The van der Waals surface area contributed by atoms with Gasteiger partial charge < -0.3 is 9.47 Å². The Kier molecular flexibility index (Phi) is 5.89. The molecule has 29 heavy (non-hydrogen) atoms. The van der Waals surface area contributed by atoms with Crippen LogP contribution in [0.4, 0.5) is 0 Å². The summed E-state index contributed by atoms with van der Waals surface area (Å²) in [5.41, 5.74) is 6.79. The maximum absolute atomic E-state index is 6.17. The second kappa shape index (κ2) is 8.73. The summed E-state index contributed by atoms with van der Waals surface area (Å²) in [7, 11) is 1.72. The lowest BCUT2D eigenvalue weighted by molar-refractivity contribution is 0.330. The first-order valence-corrected chi connectivity index (χ1v) is 10.7. The summed E-state index contributed by atoms with van der Waals surface area (Å²) < 4.78 is 11.6. The maximum Gasteiger partial charge on any atom is 0.126 e. The molecular weight excluding hydrogens is 356 g/mol. The van der Waals surface area contributed by atoms with E-state index in [2.05, 4.69) is 80.6 Å². The maximum atomic E-state index is 6.17. The van der Waals surface area contributed by atoms with Crippen molar-refractivity contribution in [3.8, 4) is 11.5 Å². The van der Waals surface area contributed by atoms with Gasteiger partial charge in [0.05, 0.1) is 13.7 Å². The molecule has 0 fully saturated rings. The van der Waals surface area contributed by atoms with Crippen molar-refractivity contribution in [3.63, 3.8) is 0 Å². The fourth-order valence-corrected chi connectivity index (χ4v) is 4.84. The molecule has 4 rings (SSSR count). The minimum atomic E-state index is 0.254. The molecule has 0 heterocycles. The number of methoxy groups -OCH3 is 1. The van der Waals surface area contributed by atoms with Gasteiger partial charge in [-0.15, -0.1) is 0 Å². The van der Waals surface area contributed by atoms with Crippen LogP contribution in [0.3, 0.4) is 0 Å². The zero-order valence-electron chi connectivity index (χ0n) is 17.7. The average molecular weight is 387 g/mol. The Bertz CT molecular complexity index is 959. The highest BCUT2D eigenvalue weighted by atomic mass is 16.5. The van der Waals surface area contributed by atoms with Crippen molar-refractivity contribution in [1.29, 1.82) is 0 Å². The summed E-state index contributed by atoms with van der Waals surface area (Å²) in [6.07, 6.45) is 3.59. The van der Waals surface area contributed by atoms with Crippen molar-refractivity contribution in [3.05, 3.63) is 94.5 Å². The van der Waals surface area contributed by atoms with Crippen molar-refractivity contribution < 1.29 is 9.47 Å². The lowest BCUT2D eigenvalue weighted by Crippen LogP contribution is -2.19. The third kappa shape index (κ3) is 3.89. The van der Waals surface area contributed by atoms with Crippen LogP contribution in [0, 0.1) is 6.92 Å². The molecule has 0 radical (unpaired) electrons. The molecule has 2 unspecified atom stereocenters. The van der Waals surface area contributed by atoms with Crippen molar-refractivity contribution in [1.82, 2.24) is 0 Å². The number of benzene rings is 3. The summed E-state index contributed by atoms with van der Waals surface area (Å²) in [4.78, 5) is 0. The monoisotopic (exact) mass is 386 g/mol. The quantitative estimate of drug-likeness (QED) is 0.472. The van der Waals surface area contributed by atoms with Gasteiger partial charge in [-0.05, 0) is 73.4 Å². The number of rotatable bonds is 6. The van der Waals surface area contributed by atoms with Crippen LogP contribution >= 0.6 is 0 Å². The first-order chi connectivity index (χ1) is 14.2. The van der Waals surface area contributed by atoms with Crippen molar-refractivity contribution >= 4 is 0 Å². The van der Waals surface area contributed by atoms with E-state index in [-0.39, 0.29) is 5.92 Å². The summed E-state index contributed by atoms with van der Waals surface area (Å²) in [5.74, 6) is 2.63. The molecule has 3 aromatic carbocycles. The molecule has 2 nitrogen and oxygen atoms in total. The molecule has 0 spiro atoms. The van der Waals surface area contributed by atoms with E-state index in [9.17, 15) is 0 Å². The van der Waals surface area contributed by atoms with Gasteiger partial charge in [0, 0.05) is 11.5 Å². The van der Waals surface area contributed by atoms with E-state index in [0.29, 0.717) is 12.5 Å². The zero-order chi connectivity index (χ0) is 20.2. The van der Waals surface area contributed by atoms with Crippen molar-refractivity contribution in [2.45, 2.75) is 44.9 Å². The molecule has 0 saturated carbocycles. The molecule has 3 aromatic rings. The van der Waals surface area contributed by atoms with Crippen LogP contribution in [0.2, 0.25) is 0 Å². The van der Waals surface area contributed by atoms with Crippen LogP contribution in [-0.2, 0) is 6.42 Å². The summed E-state index contributed by atoms with van der Waals surface area (Å²) >= 11 is 0. The van der Waals surface area contributed by atoms with Crippen molar-refractivity contribution in [2.75, 3.05) is 13.7 Å². The van der Waals surface area contributed by atoms with Gasteiger partial charge in [0.15, 0.2) is 0 Å². The van der Waals surface area contributed by atoms with Gasteiger partial charge in [0.2, 0.25) is 0 Å². The Hall–Kier alpha value is -2.74. The minimum Gasteiger partial charge on any atom is -0.497 e. The fraction of sp³-hybridized carbons (Fsp3) is 0.333. The third-order valence-electron chi connectivity index (χ3n) is 6.16. The van der Waals surface area contributed by atoms with Gasteiger partial charge in [-0.3, -0.25) is 0 Å². The molecule has 2 atom stereocenters. The summed E-state index contributed by atoms with van der Waals surface area (Å²) in [6, 6.07) is 24.1. The van der Waals surface area contributed by atoms with Gasteiger partial charge in [0.1, 0.15) is 11.5 Å². The number of aryl methyl sites for hydroxylation is 2. The number of ether oxygens (including phenoxy) is 2. The predicted octanol–water partition coefficient (Wildman–Crippen LogP) is 6.65. The number of fused-ring (bicyclic) bond motifs is 1. The van der Waals surface area contributed by atoms with E-state index in [1.54, 1.807) is 7.11 Å². The van der Waals surface area contributed by atoms with Crippen LogP contribution in [0.25, 0.3) is 0 Å². The van der Waals surface area contributed by atoms with Gasteiger partial charge >= 0.3 is 0 Å². The van der Waals surface area contributed by atoms with Gasteiger partial charge in [-0.25, -0.2) is 0 Å². The molecule has 1 aliphatic rings. The van der Waals surface area contributed by atoms with Crippen molar-refractivity contribution in [2.24, 2.45) is 0 Å². The molecule has 2 heteroatoms. The molecule has 0 N–H and O–H groups in total. The summed E-state index contributed by atoms with van der Waals surface area (Å²) in [5, 5.41) is 0. The highest BCUT2D eigenvalue weighted by molar-refractivity contribution is 5.51. The van der Waals surface area contributed by atoms with Crippen LogP contribution in [0.15, 0.2) is 66.7 Å². The molecule has 0 aliphatic heterocycles. The Morgan fingerprint density at radius 3 is 2.52 bits per heavy atom. The van der Waals surface area contributed by atoms with E-state index in [1.807, 2.05) is 0 Å². The van der Waals surface area contributed by atoms with E-state index in [1.165, 1.54) is 47.1 Å². The Morgan fingerprint density at radius 2 is 1.76 bits per heavy atom. The highest BCUT2D eigenvalue weighted by Gasteiger charge is 2.32. The smallest absolute Gasteiger partial charge is 0.126 e. The average Bonchev–Trinajstić information content (AvgIpc) is 2.77. The number of hydrogen-bond acceptors (Lipinski definition) is 2. The molecule has 0 amide bonds. The van der Waals surface area contributed by atoms with Crippen LogP contribution < -0.4 is 9.47 Å². The third-order valence-corrected chi connectivity index (χ3v) is 6.16. The molecule has 0 saturated heterocycles. The normalized spacial score (nSPS) is 16.7. The highest BCUT2D eigenvalue weighted by Crippen LogP contribution is 2.48. The summed E-state index contributed by atoms with van der Waals surface area (Å²) in [6.45, 7) is 4.89. The molecule has 1 aliphatic carbocycles. The van der Waals surface area contributed by atoms with E-state index < -0.39 is 0 Å². The van der Waals surface area contributed by atoms with Gasteiger partial charge in [0.25, 0.3) is 0 Å². The zero-order valence-corrected chi connectivity index (χ0v) is 17.7. The fourth-order valence-electron chi connectivity index (χ4n) is 4.84. The van der Waals surface area contributed by atoms with E-state index >= 15 is 0 Å². The minimum absolute atomic E-state index is 0.254. The van der Waals surface area contributed by atoms with Gasteiger partial charge in [-0.2, -0.15) is 0 Å². The van der Waals surface area contributed by atoms with Crippen LogP contribution in [0.5, 0.6) is 11.5 Å². The predicted molar refractivity (Wildman–Crippen MR) is 119 cm³/mol. The number of hydrogen-bond donors (Lipinski definition) is 0. The lowest BCUT2D eigenvalue weighted by Gasteiger charge is -2.34. The molecule has 150 valence electrons. The second-order valence-electron chi connectivity index (χ2n) is 7.87.